The van der Waals surface area contributed by atoms with Crippen molar-refractivity contribution >= 4 is 34.1 Å². The van der Waals surface area contributed by atoms with Crippen LogP contribution in [0.2, 0.25) is 0 Å². The van der Waals surface area contributed by atoms with Gasteiger partial charge in [0.2, 0.25) is 11.8 Å². The summed E-state index contributed by atoms with van der Waals surface area (Å²) in [5.41, 5.74) is 1.19. The van der Waals surface area contributed by atoms with Crippen LogP contribution in [0.4, 0.5) is 20.2 Å². The molecule has 0 saturated carbocycles. The maximum atomic E-state index is 13.3. The Morgan fingerprint density at radius 3 is 2.58 bits per heavy atom. The number of nitrogens with one attached hydrogen (secondary N) is 1. The number of amides is 2. The zero-order valence-corrected chi connectivity index (χ0v) is 13.9. The number of benzene rings is 2. The quantitative estimate of drug-likeness (QED) is 0.779. The van der Waals surface area contributed by atoms with Gasteiger partial charge in [0, 0.05) is 30.3 Å². The normalized spacial score (nSPS) is 10.6. The molecule has 1 heterocycles. The van der Waals surface area contributed by atoms with Gasteiger partial charge < -0.3 is 10.2 Å². The van der Waals surface area contributed by atoms with Crippen molar-refractivity contribution < 1.29 is 18.4 Å². The van der Waals surface area contributed by atoms with E-state index < -0.39 is 17.5 Å². The molecule has 0 unspecified atom stereocenters. The number of rotatable bonds is 4. The molecule has 1 aromatic heterocycles. The highest BCUT2D eigenvalue weighted by molar-refractivity contribution is 6.06. The number of hydrogen-bond donors (Lipinski definition) is 1. The van der Waals surface area contributed by atoms with Crippen LogP contribution in [0, 0.1) is 11.6 Å². The van der Waals surface area contributed by atoms with E-state index in [9.17, 15) is 18.4 Å². The monoisotopic (exact) mass is 355 g/mol. The molecule has 0 bridgehead atoms. The second kappa shape index (κ2) is 7.26. The number of nitrogens with zero attached hydrogens (tertiary/aromatic N) is 2. The van der Waals surface area contributed by atoms with Crippen molar-refractivity contribution in [2.75, 3.05) is 16.8 Å². The molecule has 0 aliphatic heterocycles. The second-order valence-corrected chi connectivity index (χ2v) is 5.63. The molecule has 5 nitrogen and oxygen atoms in total. The van der Waals surface area contributed by atoms with Gasteiger partial charge in [-0.25, -0.2) is 8.78 Å². The first-order valence-electron chi connectivity index (χ1n) is 7.82. The molecule has 3 aromatic rings. The van der Waals surface area contributed by atoms with Crippen molar-refractivity contribution in [3.63, 3.8) is 0 Å². The zero-order valence-electron chi connectivity index (χ0n) is 13.9. The molecular formula is C19H15F2N3O2. The van der Waals surface area contributed by atoms with Gasteiger partial charge in [-0.15, -0.1) is 0 Å². The summed E-state index contributed by atoms with van der Waals surface area (Å²) in [5.74, 6) is -2.96. The Labute approximate surface area is 148 Å². The molecule has 0 radical (unpaired) electrons. The van der Waals surface area contributed by atoms with Gasteiger partial charge in [0.1, 0.15) is 6.54 Å². The molecular weight excluding hydrogens is 340 g/mol. The molecule has 3 rings (SSSR count). The van der Waals surface area contributed by atoms with Crippen LogP contribution < -0.4 is 10.2 Å². The Morgan fingerprint density at radius 1 is 1.08 bits per heavy atom. The molecule has 0 fully saturated rings. The number of aromatic nitrogens is 1. The minimum Gasteiger partial charge on any atom is -0.324 e. The van der Waals surface area contributed by atoms with Crippen molar-refractivity contribution in [1.82, 2.24) is 4.98 Å². The van der Waals surface area contributed by atoms with Crippen LogP contribution in [0.5, 0.6) is 0 Å². The van der Waals surface area contributed by atoms with E-state index in [0.717, 1.165) is 17.5 Å². The summed E-state index contributed by atoms with van der Waals surface area (Å²) in [4.78, 5) is 29.9. The Morgan fingerprint density at radius 2 is 1.85 bits per heavy atom. The van der Waals surface area contributed by atoms with E-state index in [-0.39, 0.29) is 18.1 Å². The van der Waals surface area contributed by atoms with Crippen LogP contribution in [-0.4, -0.2) is 23.3 Å². The zero-order chi connectivity index (χ0) is 18.7. The molecule has 26 heavy (non-hydrogen) atoms. The second-order valence-electron chi connectivity index (χ2n) is 5.63. The highest BCUT2D eigenvalue weighted by Crippen LogP contribution is 2.25. The van der Waals surface area contributed by atoms with Gasteiger partial charge in [-0.3, -0.25) is 14.6 Å². The largest absolute Gasteiger partial charge is 0.324 e. The SMILES string of the molecule is CC(=O)N(CC(=O)Nc1ccc(F)c(F)c1)c1cccc2cccnc12. The van der Waals surface area contributed by atoms with Gasteiger partial charge in [-0.1, -0.05) is 18.2 Å². The number of carbonyl (C=O) groups is 2. The summed E-state index contributed by atoms with van der Waals surface area (Å²) < 4.78 is 26.2. The summed E-state index contributed by atoms with van der Waals surface area (Å²) in [5, 5.41) is 3.28. The molecule has 0 aliphatic carbocycles. The summed E-state index contributed by atoms with van der Waals surface area (Å²) in [6.45, 7) is 1.05. The third-order valence-corrected chi connectivity index (χ3v) is 3.79. The van der Waals surface area contributed by atoms with Gasteiger partial charge in [-0.05, 0) is 24.3 Å². The Bertz CT molecular complexity index is 986. The first kappa shape index (κ1) is 17.5. The van der Waals surface area contributed by atoms with Crippen molar-refractivity contribution in [3.8, 4) is 0 Å². The van der Waals surface area contributed by atoms with Gasteiger partial charge in [0.05, 0.1) is 11.2 Å². The van der Waals surface area contributed by atoms with Crippen molar-refractivity contribution in [2.45, 2.75) is 6.92 Å². The van der Waals surface area contributed by atoms with Gasteiger partial charge in [-0.2, -0.15) is 0 Å². The Balaban J connectivity index is 1.85. The fourth-order valence-corrected chi connectivity index (χ4v) is 2.59. The molecule has 1 N–H and O–H groups in total. The van der Waals surface area contributed by atoms with E-state index in [2.05, 4.69) is 10.3 Å². The van der Waals surface area contributed by atoms with E-state index >= 15 is 0 Å². The van der Waals surface area contributed by atoms with Crippen LogP contribution in [0.25, 0.3) is 10.9 Å². The molecule has 7 heteroatoms. The summed E-state index contributed by atoms with van der Waals surface area (Å²) in [6, 6.07) is 12.0. The predicted molar refractivity (Wildman–Crippen MR) is 94.8 cm³/mol. The standard InChI is InChI=1S/C19H15F2N3O2/c1-12(25)24(17-6-2-4-13-5-3-9-22-19(13)17)11-18(26)23-14-7-8-15(20)16(21)10-14/h2-10H,11H2,1H3,(H,23,26). The van der Waals surface area contributed by atoms with Crippen LogP contribution in [0.15, 0.2) is 54.7 Å². The van der Waals surface area contributed by atoms with Crippen molar-refractivity contribution in [2.24, 2.45) is 0 Å². The van der Waals surface area contributed by atoms with Gasteiger partial charge in [0.25, 0.3) is 0 Å². The average Bonchev–Trinajstić information content (AvgIpc) is 2.62. The Kier molecular flexibility index (Phi) is 4.88. The van der Waals surface area contributed by atoms with Crippen molar-refractivity contribution in [1.29, 1.82) is 0 Å². The summed E-state index contributed by atoms with van der Waals surface area (Å²) >= 11 is 0. The maximum Gasteiger partial charge on any atom is 0.244 e. The number of carbonyl (C=O) groups excluding carboxylic acids is 2. The maximum absolute atomic E-state index is 13.3. The fourth-order valence-electron chi connectivity index (χ4n) is 2.59. The topological polar surface area (TPSA) is 62.3 Å². The number of para-hydroxylation sites is 1. The van der Waals surface area contributed by atoms with Gasteiger partial charge >= 0.3 is 0 Å². The molecule has 0 spiro atoms. The van der Waals surface area contributed by atoms with E-state index in [1.807, 2.05) is 12.1 Å². The first-order chi connectivity index (χ1) is 12.5. The summed E-state index contributed by atoms with van der Waals surface area (Å²) in [7, 11) is 0. The molecule has 132 valence electrons. The van der Waals surface area contributed by atoms with Crippen LogP contribution >= 0.6 is 0 Å². The number of pyridine rings is 1. The molecule has 0 aliphatic rings. The van der Waals surface area contributed by atoms with Gasteiger partial charge in [0.15, 0.2) is 11.6 Å². The first-order valence-corrected chi connectivity index (χ1v) is 7.82. The number of anilines is 2. The number of halogens is 2. The molecule has 0 atom stereocenters. The number of fused-ring (bicyclic) bond motifs is 1. The van der Waals surface area contributed by atoms with Crippen LogP contribution in [0.3, 0.4) is 0 Å². The highest BCUT2D eigenvalue weighted by atomic mass is 19.2. The van der Waals surface area contributed by atoms with Crippen LogP contribution in [0.1, 0.15) is 6.92 Å². The lowest BCUT2D eigenvalue weighted by Gasteiger charge is -2.21. The lowest BCUT2D eigenvalue weighted by atomic mass is 10.1. The van der Waals surface area contributed by atoms with E-state index in [1.54, 1.807) is 24.4 Å². The van der Waals surface area contributed by atoms with E-state index in [0.29, 0.717) is 11.2 Å². The van der Waals surface area contributed by atoms with Crippen molar-refractivity contribution in [3.05, 3.63) is 66.4 Å². The Hall–Kier alpha value is -3.35. The third-order valence-electron chi connectivity index (χ3n) is 3.79. The minimum absolute atomic E-state index is 0.105. The predicted octanol–water partition coefficient (Wildman–Crippen LogP) is 3.50. The average molecular weight is 355 g/mol. The lowest BCUT2D eigenvalue weighted by Crippen LogP contribution is -2.36. The molecule has 0 saturated heterocycles. The van der Waals surface area contributed by atoms with E-state index in [4.69, 9.17) is 0 Å². The van der Waals surface area contributed by atoms with E-state index in [1.165, 1.54) is 17.9 Å². The fraction of sp³-hybridized carbons (Fsp3) is 0.105. The molecule has 2 amide bonds. The summed E-state index contributed by atoms with van der Waals surface area (Å²) in [6.07, 6.45) is 1.60. The minimum atomic E-state index is -1.07. The highest BCUT2D eigenvalue weighted by Gasteiger charge is 2.19. The third kappa shape index (κ3) is 3.66. The van der Waals surface area contributed by atoms with Crippen LogP contribution in [-0.2, 0) is 9.59 Å². The molecule has 2 aromatic carbocycles. The number of hydrogen-bond acceptors (Lipinski definition) is 3. The lowest BCUT2D eigenvalue weighted by molar-refractivity contribution is -0.120. The smallest absolute Gasteiger partial charge is 0.244 e.